The number of rotatable bonds is 17. The van der Waals surface area contributed by atoms with Crippen LogP contribution in [0.3, 0.4) is 0 Å². The molecule has 1 aromatic carbocycles. The summed E-state index contributed by atoms with van der Waals surface area (Å²) < 4.78 is 0. The predicted octanol–water partition coefficient (Wildman–Crippen LogP) is 7.42. The van der Waals surface area contributed by atoms with Crippen molar-refractivity contribution in [2.45, 2.75) is 110 Å². The van der Waals surface area contributed by atoms with Gasteiger partial charge < -0.3 is 10.2 Å². The molecule has 0 aliphatic carbocycles. The second kappa shape index (κ2) is 15.1. The summed E-state index contributed by atoms with van der Waals surface area (Å²) in [5, 5.41) is 18.5. The van der Waals surface area contributed by atoms with Crippen molar-refractivity contribution in [3.05, 3.63) is 34.4 Å². The molecule has 0 radical (unpaired) electrons. The van der Waals surface area contributed by atoms with Crippen LogP contribution in [0.1, 0.15) is 129 Å². The molecule has 1 rings (SSSR count). The Bertz CT molecular complexity index is 621. The highest BCUT2D eigenvalue weighted by Crippen LogP contribution is 2.21. The molecule has 0 unspecified atom stereocenters. The van der Waals surface area contributed by atoms with Crippen LogP contribution in [0.5, 0.6) is 0 Å². The number of benzene rings is 1. The summed E-state index contributed by atoms with van der Waals surface area (Å²) >= 11 is 0. The van der Waals surface area contributed by atoms with E-state index in [2.05, 4.69) is 6.92 Å². The third-order valence-electron chi connectivity index (χ3n) is 5.82. The zero-order valence-electron chi connectivity index (χ0n) is 18.5. The number of unbranched alkanes of at least 4 members (excludes halogenated alkanes) is 13. The first kappa shape index (κ1) is 25.2. The molecular formula is C25H40O4. The number of carbonyl (C=O) groups is 2. The van der Waals surface area contributed by atoms with Crippen LogP contribution in [0, 0.1) is 6.92 Å². The van der Waals surface area contributed by atoms with Gasteiger partial charge in [-0.25, -0.2) is 9.59 Å². The Balaban J connectivity index is 2.14. The van der Waals surface area contributed by atoms with Crippen LogP contribution in [-0.4, -0.2) is 22.2 Å². The molecule has 0 bridgehead atoms. The van der Waals surface area contributed by atoms with Gasteiger partial charge in [-0.05, 0) is 37.0 Å². The van der Waals surface area contributed by atoms with E-state index in [-0.39, 0.29) is 11.1 Å². The van der Waals surface area contributed by atoms with Crippen molar-refractivity contribution in [1.82, 2.24) is 0 Å². The Morgan fingerprint density at radius 2 is 1.14 bits per heavy atom. The second-order valence-electron chi connectivity index (χ2n) is 8.23. The Hall–Kier alpha value is -1.84. The zero-order valence-corrected chi connectivity index (χ0v) is 18.5. The Morgan fingerprint density at radius 1 is 0.690 bits per heavy atom. The molecular weight excluding hydrogens is 364 g/mol. The number of carboxylic acids is 2. The molecule has 0 saturated heterocycles. The van der Waals surface area contributed by atoms with E-state index >= 15 is 0 Å². The molecule has 4 heteroatoms. The fourth-order valence-electron chi connectivity index (χ4n) is 3.99. The van der Waals surface area contributed by atoms with Crippen LogP contribution >= 0.6 is 0 Å². The van der Waals surface area contributed by atoms with Crippen LogP contribution in [0.15, 0.2) is 12.1 Å². The maximum atomic E-state index is 11.4. The zero-order chi connectivity index (χ0) is 21.5. The summed E-state index contributed by atoms with van der Waals surface area (Å²) in [6.07, 6.45) is 19.1. The molecule has 1 aromatic rings. The average Bonchev–Trinajstić information content (AvgIpc) is 2.68. The first-order valence-electron chi connectivity index (χ1n) is 11.6. The molecule has 0 aromatic heterocycles. The molecule has 0 saturated carbocycles. The number of hydrogen-bond acceptors (Lipinski definition) is 2. The number of aryl methyl sites for hydroxylation is 1. The smallest absolute Gasteiger partial charge is 0.336 e. The summed E-state index contributed by atoms with van der Waals surface area (Å²) in [4.78, 5) is 22.7. The van der Waals surface area contributed by atoms with E-state index in [0.717, 1.165) is 24.8 Å². The highest BCUT2D eigenvalue weighted by Gasteiger charge is 2.20. The lowest BCUT2D eigenvalue weighted by atomic mass is 9.93. The van der Waals surface area contributed by atoms with Gasteiger partial charge in [-0.15, -0.1) is 0 Å². The van der Waals surface area contributed by atoms with Crippen molar-refractivity contribution in [2.75, 3.05) is 0 Å². The van der Waals surface area contributed by atoms with Crippen molar-refractivity contribution in [1.29, 1.82) is 0 Å². The second-order valence-corrected chi connectivity index (χ2v) is 8.23. The number of carboxylic acid groups (broad SMARTS) is 2. The fourth-order valence-corrected chi connectivity index (χ4v) is 3.99. The van der Waals surface area contributed by atoms with Gasteiger partial charge in [-0.3, -0.25) is 0 Å². The van der Waals surface area contributed by atoms with Crippen LogP contribution < -0.4 is 0 Å². The lowest BCUT2D eigenvalue weighted by molar-refractivity contribution is 0.0650. The van der Waals surface area contributed by atoms with Crippen molar-refractivity contribution < 1.29 is 19.8 Å². The minimum Gasteiger partial charge on any atom is -0.478 e. The van der Waals surface area contributed by atoms with Gasteiger partial charge in [-0.1, -0.05) is 96.5 Å². The van der Waals surface area contributed by atoms with E-state index in [1.165, 1.54) is 83.1 Å². The van der Waals surface area contributed by atoms with Crippen LogP contribution in [0.4, 0.5) is 0 Å². The number of aromatic carboxylic acids is 2. The lowest BCUT2D eigenvalue weighted by Gasteiger charge is -2.11. The summed E-state index contributed by atoms with van der Waals surface area (Å²) in [5.74, 6) is -2.35. The molecule has 2 N–H and O–H groups in total. The van der Waals surface area contributed by atoms with Crippen LogP contribution in [-0.2, 0) is 6.42 Å². The molecule has 29 heavy (non-hydrogen) atoms. The van der Waals surface area contributed by atoms with Gasteiger partial charge in [0.1, 0.15) is 0 Å². The molecule has 164 valence electrons. The van der Waals surface area contributed by atoms with Gasteiger partial charge in [0, 0.05) is 0 Å². The predicted molar refractivity (Wildman–Crippen MR) is 119 cm³/mol. The third kappa shape index (κ3) is 9.96. The first-order chi connectivity index (χ1) is 14.0. The Morgan fingerprint density at radius 3 is 1.55 bits per heavy atom. The minimum atomic E-state index is -1.19. The van der Waals surface area contributed by atoms with Crippen molar-refractivity contribution in [3.8, 4) is 0 Å². The van der Waals surface area contributed by atoms with Crippen LogP contribution in [0.2, 0.25) is 0 Å². The maximum Gasteiger partial charge on any atom is 0.336 e. The van der Waals surface area contributed by atoms with Gasteiger partial charge in [0.2, 0.25) is 0 Å². The maximum absolute atomic E-state index is 11.4. The Labute approximate surface area is 176 Å². The fraction of sp³-hybridized carbons (Fsp3) is 0.680. The third-order valence-corrected chi connectivity index (χ3v) is 5.82. The highest BCUT2D eigenvalue weighted by molar-refractivity contribution is 6.03. The number of hydrogen-bond donors (Lipinski definition) is 2. The van der Waals surface area contributed by atoms with E-state index in [1.807, 2.05) is 0 Å². The van der Waals surface area contributed by atoms with E-state index in [1.54, 1.807) is 13.0 Å². The normalized spacial score (nSPS) is 11.0. The lowest BCUT2D eigenvalue weighted by Crippen LogP contribution is -2.12. The molecule has 0 heterocycles. The van der Waals surface area contributed by atoms with Crippen LogP contribution in [0.25, 0.3) is 0 Å². The minimum absolute atomic E-state index is 0.0691. The standard InChI is InChI=1S/C25H40O4/c1-3-4-5-6-7-8-9-10-11-12-13-14-15-16-17-21-18-19-22(24(26)27)23(20(21)2)25(28)29/h18-19H,3-17H2,1-2H3,(H,26,27)(H,28,29). The largest absolute Gasteiger partial charge is 0.478 e. The molecule has 0 fully saturated rings. The SMILES string of the molecule is CCCCCCCCCCCCCCCCc1ccc(C(=O)O)c(C(=O)O)c1C. The first-order valence-corrected chi connectivity index (χ1v) is 11.6. The van der Waals surface area contributed by atoms with E-state index < -0.39 is 11.9 Å². The molecule has 0 amide bonds. The van der Waals surface area contributed by atoms with Gasteiger partial charge in [0.25, 0.3) is 0 Å². The van der Waals surface area contributed by atoms with Gasteiger partial charge in [0.15, 0.2) is 0 Å². The van der Waals surface area contributed by atoms with E-state index in [9.17, 15) is 19.8 Å². The average molecular weight is 405 g/mol. The van der Waals surface area contributed by atoms with E-state index in [4.69, 9.17) is 0 Å². The van der Waals surface area contributed by atoms with Gasteiger partial charge in [-0.2, -0.15) is 0 Å². The van der Waals surface area contributed by atoms with Crippen molar-refractivity contribution in [3.63, 3.8) is 0 Å². The summed E-state index contributed by atoms with van der Waals surface area (Å²) in [7, 11) is 0. The van der Waals surface area contributed by atoms with Gasteiger partial charge >= 0.3 is 11.9 Å². The Kier molecular flexibility index (Phi) is 13.1. The molecule has 0 aliphatic heterocycles. The van der Waals surface area contributed by atoms with Crippen molar-refractivity contribution >= 4 is 11.9 Å². The highest BCUT2D eigenvalue weighted by atomic mass is 16.4. The molecule has 0 spiro atoms. The molecule has 0 aliphatic rings. The van der Waals surface area contributed by atoms with Crippen molar-refractivity contribution in [2.24, 2.45) is 0 Å². The summed E-state index contributed by atoms with van der Waals surface area (Å²) in [6, 6.07) is 3.20. The molecule has 4 nitrogen and oxygen atoms in total. The summed E-state index contributed by atoms with van der Waals surface area (Å²) in [5.41, 5.74) is 1.35. The molecule has 0 atom stereocenters. The summed E-state index contributed by atoms with van der Waals surface area (Å²) in [6.45, 7) is 3.98. The van der Waals surface area contributed by atoms with Gasteiger partial charge in [0.05, 0.1) is 11.1 Å². The monoisotopic (exact) mass is 404 g/mol. The quantitative estimate of drug-likeness (QED) is 0.265. The topological polar surface area (TPSA) is 74.6 Å². The van der Waals surface area contributed by atoms with E-state index in [0.29, 0.717) is 5.56 Å².